The Kier molecular flexibility index (Phi) is 7.14. The molecular weight excluding hydrogens is 316 g/mol. The quantitative estimate of drug-likeness (QED) is 0.423. The molecule has 1 atom stereocenters. The van der Waals surface area contributed by atoms with Crippen LogP contribution in [-0.4, -0.2) is 18.5 Å². The van der Waals surface area contributed by atoms with Crippen LogP contribution in [0.4, 0.5) is 0 Å². The fraction of sp³-hybridized carbons (Fsp3) is 0.444. The molecular formula is C18H21ClO4. The Hall–Kier alpha value is -1.81. The van der Waals surface area contributed by atoms with E-state index in [0.29, 0.717) is 29.7 Å². The number of carbonyl (C=O) groups excluding carboxylic acids is 2. The van der Waals surface area contributed by atoms with Gasteiger partial charge in [-0.3, -0.25) is 9.59 Å². The average Bonchev–Trinajstić information content (AvgIpc) is 2.54. The number of hydrogen-bond donors (Lipinski definition) is 0. The molecule has 0 heterocycles. The van der Waals surface area contributed by atoms with Crippen LogP contribution in [0.3, 0.4) is 0 Å². The van der Waals surface area contributed by atoms with E-state index >= 15 is 0 Å². The molecule has 1 unspecified atom stereocenters. The fourth-order valence-electron chi connectivity index (χ4n) is 2.38. The Morgan fingerprint density at radius 3 is 2.74 bits per heavy atom. The summed E-state index contributed by atoms with van der Waals surface area (Å²) in [6.45, 7) is 0.468. The number of hydrogen-bond acceptors (Lipinski definition) is 4. The second-order valence-electron chi connectivity index (χ2n) is 5.62. The Labute approximate surface area is 141 Å². The van der Waals surface area contributed by atoms with E-state index in [-0.39, 0.29) is 24.8 Å². The van der Waals surface area contributed by atoms with Crippen LogP contribution < -0.4 is 4.74 Å². The molecule has 0 fully saturated rings. The molecule has 0 aliphatic heterocycles. The van der Waals surface area contributed by atoms with Crippen LogP contribution in [0.5, 0.6) is 5.75 Å². The van der Waals surface area contributed by atoms with Crippen LogP contribution in [0.1, 0.15) is 38.5 Å². The third-order valence-electron chi connectivity index (χ3n) is 3.65. The molecule has 2 rings (SSSR count). The number of carbonyl (C=O) groups is 2. The number of halogens is 1. The van der Waals surface area contributed by atoms with Gasteiger partial charge >= 0.3 is 11.9 Å². The van der Waals surface area contributed by atoms with Gasteiger partial charge in [-0.1, -0.05) is 29.8 Å². The lowest BCUT2D eigenvalue weighted by Crippen LogP contribution is -2.15. The van der Waals surface area contributed by atoms with Crippen molar-refractivity contribution in [3.63, 3.8) is 0 Å². The van der Waals surface area contributed by atoms with Gasteiger partial charge in [-0.25, -0.2) is 0 Å². The van der Waals surface area contributed by atoms with Crippen LogP contribution in [0.15, 0.2) is 36.4 Å². The van der Waals surface area contributed by atoms with Crippen LogP contribution in [-0.2, 0) is 14.3 Å². The Morgan fingerprint density at radius 1 is 1.17 bits per heavy atom. The molecule has 0 N–H and O–H groups in total. The molecule has 0 saturated heterocycles. The van der Waals surface area contributed by atoms with Crippen LogP contribution in [0.25, 0.3) is 0 Å². The molecule has 5 heteroatoms. The molecule has 0 radical (unpaired) electrons. The van der Waals surface area contributed by atoms with E-state index in [1.165, 1.54) is 0 Å². The van der Waals surface area contributed by atoms with Crippen LogP contribution in [0.2, 0.25) is 5.02 Å². The molecule has 0 spiro atoms. The summed E-state index contributed by atoms with van der Waals surface area (Å²) in [6, 6.07) is 6.66. The van der Waals surface area contributed by atoms with Crippen molar-refractivity contribution in [3.8, 4) is 5.75 Å². The zero-order valence-electron chi connectivity index (χ0n) is 13.0. The Morgan fingerprint density at radius 2 is 2.00 bits per heavy atom. The topological polar surface area (TPSA) is 52.6 Å². The van der Waals surface area contributed by atoms with Gasteiger partial charge in [-0.15, -0.1) is 0 Å². The largest absolute Gasteiger partial charge is 0.465 e. The van der Waals surface area contributed by atoms with Gasteiger partial charge in [0.2, 0.25) is 0 Å². The third-order valence-corrected chi connectivity index (χ3v) is 3.88. The molecule has 1 aromatic carbocycles. The fourth-order valence-corrected chi connectivity index (χ4v) is 2.56. The van der Waals surface area contributed by atoms with Gasteiger partial charge in [0.15, 0.2) is 0 Å². The standard InChI is InChI=1S/C18H21ClO4/c19-15-8-4-9-16(12-15)23-18(21)11-5-10-17(20)22-13-14-6-2-1-3-7-14/h1-2,4,8-9,12,14H,3,5-7,10-11,13H2. The van der Waals surface area contributed by atoms with Crippen molar-refractivity contribution in [2.75, 3.05) is 6.61 Å². The highest BCUT2D eigenvalue weighted by atomic mass is 35.5. The van der Waals surface area contributed by atoms with Crippen molar-refractivity contribution < 1.29 is 19.1 Å². The van der Waals surface area contributed by atoms with E-state index in [4.69, 9.17) is 21.1 Å². The third kappa shape index (κ3) is 6.87. The Bertz CT molecular complexity index is 568. The predicted molar refractivity (Wildman–Crippen MR) is 88.4 cm³/mol. The zero-order chi connectivity index (χ0) is 16.5. The summed E-state index contributed by atoms with van der Waals surface area (Å²) in [7, 11) is 0. The first-order chi connectivity index (χ1) is 11.1. The molecule has 0 saturated carbocycles. The highest BCUT2D eigenvalue weighted by Crippen LogP contribution is 2.19. The van der Waals surface area contributed by atoms with Crippen molar-refractivity contribution >= 4 is 23.5 Å². The predicted octanol–water partition coefficient (Wildman–Crippen LogP) is 4.32. The first-order valence-corrected chi connectivity index (χ1v) is 8.28. The maximum Gasteiger partial charge on any atom is 0.311 e. The van der Waals surface area contributed by atoms with Crippen molar-refractivity contribution in [2.45, 2.75) is 38.5 Å². The van der Waals surface area contributed by atoms with E-state index in [2.05, 4.69) is 12.2 Å². The lowest BCUT2D eigenvalue weighted by molar-refractivity contribution is -0.145. The molecule has 1 aliphatic rings. The minimum Gasteiger partial charge on any atom is -0.465 e. The number of benzene rings is 1. The maximum absolute atomic E-state index is 11.7. The van der Waals surface area contributed by atoms with Crippen molar-refractivity contribution in [1.82, 2.24) is 0 Å². The first kappa shape index (κ1) is 17.5. The van der Waals surface area contributed by atoms with Crippen LogP contribution >= 0.6 is 11.6 Å². The second kappa shape index (κ2) is 9.36. The number of ether oxygens (including phenoxy) is 2. The van der Waals surface area contributed by atoms with E-state index in [1.54, 1.807) is 24.3 Å². The second-order valence-corrected chi connectivity index (χ2v) is 6.05. The van der Waals surface area contributed by atoms with E-state index in [9.17, 15) is 9.59 Å². The lowest BCUT2D eigenvalue weighted by atomic mass is 9.95. The summed E-state index contributed by atoms with van der Waals surface area (Å²) in [4.78, 5) is 23.3. The minimum absolute atomic E-state index is 0.174. The number of esters is 2. The van der Waals surface area contributed by atoms with Gasteiger partial charge in [0.1, 0.15) is 5.75 Å². The van der Waals surface area contributed by atoms with Gasteiger partial charge in [-0.05, 0) is 49.8 Å². The first-order valence-electron chi connectivity index (χ1n) is 7.90. The van der Waals surface area contributed by atoms with Crippen LogP contribution in [0, 0.1) is 5.92 Å². The highest BCUT2D eigenvalue weighted by Gasteiger charge is 2.13. The molecule has 0 amide bonds. The normalized spacial score (nSPS) is 16.8. The smallest absolute Gasteiger partial charge is 0.311 e. The van der Waals surface area contributed by atoms with E-state index in [0.717, 1.165) is 19.3 Å². The summed E-state index contributed by atoms with van der Waals surface area (Å²) < 4.78 is 10.4. The van der Waals surface area contributed by atoms with Gasteiger partial charge in [-0.2, -0.15) is 0 Å². The van der Waals surface area contributed by atoms with Crippen molar-refractivity contribution in [1.29, 1.82) is 0 Å². The van der Waals surface area contributed by atoms with Gasteiger partial charge < -0.3 is 9.47 Å². The maximum atomic E-state index is 11.7. The van der Waals surface area contributed by atoms with Crippen molar-refractivity contribution in [3.05, 3.63) is 41.4 Å². The summed E-state index contributed by atoms with van der Waals surface area (Å²) in [5, 5.41) is 0.511. The van der Waals surface area contributed by atoms with E-state index < -0.39 is 0 Å². The lowest BCUT2D eigenvalue weighted by Gasteiger charge is -2.17. The number of rotatable bonds is 7. The summed E-state index contributed by atoms with van der Waals surface area (Å²) >= 11 is 5.82. The summed E-state index contributed by atoms with van der Waals surface area (Å²) in [6.07, 6.45) is 8.20. The molecule has 0 aromatic heterocycles. The van der Waals surface area contributed by atoms with Gasteiger partial charge in [0, 0.05) is 17.9 Å². The van der Waals surface area contributed by atoms with Gasteiger partial charge in [0.25, 0.3) is 0 Å². The molecule has 124 valence electrons. The van der Waals surface area contributed by atoms with E-state index in [1.807, 2.05) is 0 Å². The van der Waals surface area contributed by atoms with Crippen molar-refractivity contribution in [2.24, 2.45) is 5.92 Å². The monoisotopic (exact) mass is 336 g/mol. The minimum atomic E-state index is -0.377. The SMILES string of the molecule is O=C(CCCC(=O)Oc1cccc(Cl)c1)OCC1CC=CCC1. The Balaban J connectivity index is 1.59. The molecule has 1 aromatic rings. The summed E-state index contributed by atoms with van der Waals surface area (Å²) in [5.41, 5.74) is 0. The van der Waals surface area contributed by atoms with Gasteiger partial charge in [0.05, 0.1) is 6.61 Å². The molecule has 4 nitrogen and oxygen atoms in total. The zero-order valence-corrected chi connectivity index (χ0v) is 13.8. The molecule has 0 bridgehead atoms. The average molecular weight is 337 g/mol. The number of allylic oxidation sites excluding steroid dienone is 2. The molecule has 23 heavy (non-hydrogen) atoms. The molecule has 1 aliphatic carbocycles. The highest BCUT2D eigenvalue weighted by molar-refractivity contribution is 6.30. The summed E-state index contributed by atoms with van der Waals surface area (Å²) in [5.74, 6) is 0.208.